The van der Waals surface area contributed by atoms with Crippen molar-refractivity contribution in [2.24, 2.45) is 5.73 Å². The number of carbonyl (C=O) groups excluding carboxylic acids is 2. The number of nitrogens with two attached hydrogens (primary N) is 1. The summed E-state index contributed by atoms with van der Waals surface area (Å²) in [6, 6.07) is 7.66. The van der Waals surface area contributed by atoms with Gasteiger partial charge in [0.25, 0.3) is 5.91 Å². The number of hydrogen-bond acceptors (Lipinski definition) is 4. The van der Waals surface area contributed by atoms with Crippen molar-refractivity contribution >= 4 is 39.9 Å². The molecule has 0 aliphatic carbocycles. The monoisotopic (exact) mass is 324 g/mol. The molecule has 0 aliphatic heterocycles. The SMILES string of the molecule is CCC(=O)Nc1sc(Sc2ccc(F)cc2)cc1C(N)=O. The van der Waals surface area contributed by atoms with E-state index in [1.54, 1.807) is 25.1 Å². The summed E-state index contributed by atoms with van der Waals surface area (Å²) >= 11 is 2.64. The summed E-state index contributed by atoms with van der Waals surface area (Å²) in [6.07, 6.45) is 0.316. The van der Waals surface area contributed by atoms with Gasteiger partial charge in [0.15, 0.2) is 0 Å². The number of halogens is 1. The molecule has 2 rings (SSSR count). The van der Waals surface area contributed by atoms with Crippen LogP contribution < -0.4 is 11.1 Å². The molecule has 0 radical (unpaired) electrons. The van der Waals surface area contributed by atoms with Gasteiger partial charge in [-0.25, -0.2) is 4.39 Å². The molecule has 21 heavy (non-hydrogen) atoms. The molecule has 4 nitrogen and oxygen atoms in total. The number of primary amides is 1. The number of rotatable bonds is 5. The lowest BCUT2D eigenvalue weighted by Gasteiger charge is -2.01. The molecule has 0 atom stereocenters. The summed E-state index contributed by atoms with van der Waals surface area (Å²) in [6.45, 7) is 1.72. The molecule has 0 saturated heterocycles. The normalized spacial score (nSPS) is 10.4. The molecule has 3 N–H and O–H groups in total. The maximum atomic E-state index is 12.9. The van der Waals surface area contributed by atoms with Crippen LogP contribution >= 0.6 is 23.1 Å². The van der Waals surface area contributed by atoms with E-state index < -0.39 is 5.91 Å². The minimum absolute atomic E-state index is 0.183. The lowest BCUT2D eigenvalue weighted by Crippen LogP contribution is -2.15. The highest BCUT2D eigenvalue weighted by atomic mass is 32.2. The van der Waals surface area contributed by atoms with Crippen LogP contribution in [0.5, 0.6) is 0 Å². The molecule has 0 unspecified atom stereocenters. The van der Waals surface area contributed by atoms with E-state index in [9.17, 15) is 14.0 Å². The Morgan fingerprint density at radius 1 is 1.33 bits per heavy atom. The minimum Gasteiger partial charge on any atom is -0.366 e. The zero-order valence-electron chi connectivity index (χ0n) is 11.2. The first-order valence-electron chi connectivity index (χ1n) is 6.16. The fourth-order valence-corrected chi connectivity index (χ4v) is 3.73. The summed E-state index contributed by atoms with van der Waals surface area (Å²) < 4.78 is 13.7. The van der Waals surface area contributed by atoms with Crippen LogP contribution in [-0.4, -0.2) is 11.8 Å². The number of amides is 2. The van der Waals surface area contributed by atoms with Crippen molar-refractivity contribution in [2.45, 2.75) is 22.4 Å². The third kappa shape index (κ3) is 4.05. The standard InChI is InChI=1S/C14H13FN2O2S2/c1-2-11(18)17-14-10(13(16)19)7-12(21-14)20-9-5-3-8(15)4-6-9/h3-7H,2H2,1H3,(H2,16,19)(H,17,18). The molecule has 1 aromatic carbocycles. The first-order chi connectivity index (χ1) is 9.99. The summed E-state index contributed by atoms with van der Waals surface area (Å²) in [5.41, 5.74) is 5.60. The van der Waals surface area contributed by atoms with Gasteiger partial charge in [0, 0.05) is 11.3 Å². The van der Waals surface area contributed by atoms with E-state index in [0.29, 0.717) is 11.4 Å². The Labute approximate surface area is 129 Å². The molecule has 0 fully saturated rings. The molecular formula is C14H13FN2O2S2. The number of benzene rings is 1. The first-order valence-corrected chi connectivity index (χ1v) is 7.79. The van der Waals surface area contributed by atoms with Gasteiger partial charge in [-0.3, -0.25) is 9.59 Å². The van der Waals surface area contributed by atoms with E-state index in [1.807, 2.05) is 0 Å². The van der Waals surface area contributed by atoms with Crippen LogP contribution in [0, 0.1) is 5.82 Å². The Morgan fingerprint density at radius 3 is 2.57 bits per heavy atom. The van der Waals surface area contributed by atoms with Crippen LogP contribution in [-0.2, 0) is 4.79 Å². The highest BCUT2D eigenvalue weighted by molar-refractivity contribution is 8.01. The van der Waals surface area contributed by atoms with Crippen LogP contribution in [0.1, 0.15) is 23.7 Å². The number of hydrogen-bond donors (Lipinski definition) is 2. The van der Waals surface area contributed by atoms with E-state index in [2.05, 4.69) is 5.32 Å². The predicted octanol–water partition coefficient (Wildman–Crippen LogP) is 3.49. The fraction of sp³-hybridized carbons (Fsp3) is 0.143. The van der Waals surface area contributed by atoms with Gasteiger partial charge in [0.05, 0.1) is 9.77 Å². The summed E-state index contributed by atoms with van der Waals surface area (Å²) in [7, 11) is 0. The molecule has 0 bridgehead atoms. The molecule has 110 valence electrons. The van der Waals surface area contributed by atoms with Crippen LogP contribution in [0.25, 0.3) is 0 Å². The third-order valence-corrected chi connectivity index (χ3v) is 4.75. The Bertz CT molecular complexity index is 668. The topological polar surface area (TPSA) is 72.2 Å². The highest BCUT2D eigenvalue weighted by Gasteiger charge is 2.16. The van der Waals surface area contributed by atoms with Gasteiger partial charge in [0.2, 0.25) is 5.91 Å². The van der Waals surface area contributed by atoms with Gasteiger partial charge in [-0.1, -0.05) is 18.7 Å². The lowest BCUT2D eigenvalue weighted by atomic mass is 10.3. The Kier molecular flexibility index (Phi) is 4.98. The first kappa shape index (κ1) is 15.5. The van der Waals surface area contributed by atoms with Crippen molar-refractivity contribution in [3.05, 3.63) is 41.7 Å². The van der Waals surface area contributed by atoms with Crippen LogP contribution in [0.2, 0.25) is 0 Å². The lowest BCUT2D eigenvalue weighted by molar-refractivity contribution is -0.115. The van der Waals surface area contributed by atoms with E-state index in [-0.39, 0.29) is 17.3 Å². The largest absolute Gasteiger partial charge is 0.366 e. The van der Waals surface area contributed by atoms with Crippen molar-refractivity contribution in [3.63, 3.8) is 0 Å². The molecule has 1 heterocycles. The second-order valence-corrected chi connectivity index (χ2v) is 6.56. The van der Waals surface area contributed by atoms with E-state index in [4.69, 9.17) is 5.73 Å². The maximum absolute atomic E-state index is 12.9. The number of thiophene rings is 1. The van der Waals surface area contributed by atoms with Crippen molar-refractivity contribution in [2.75, 3.05) is 5.32 Å². The number of carbonyl (C=O) groups is 2. The van der Waals surface area contributed by atoms with Gasteiger partial charge in [0.1, 0.15) is 10.8 Å². The minimum atomic E-state index is -0.594. The van der Waals surface area contributed by atoms with Crippen LogP contribution in [0.15, 0.2) is 39.4 Å². The molecular weight excluding hydrogens is 311 g/mol. The van der Waals surface area contributed by atoms with Gasteiger partial charge >= 0.3 is 0 Å². The zero-order valence-corrected chi connectivity index (χ0v) is 12.8. The van der Waals surface area contributed by atoms with Crippen molar-refractivity contribution in [1.29, 1.82) is 0 Å². The quantitative estimate of drug-likeness (QED) is 0.884. The van der Waals surface area contributed by atoms with Gasteiger partial charge in [-0.2, -0.15) is 0 Å². The summed E-state index contributed by atoms with van der Waals surface area (Å²) in [4.78, 5) is 23.7. The van der Waals surface area contributed by atoms with Crippen LogP contribution in [0.4, 0.5) is 9.39 Å². The van der Waals surface area contributed by atoms with Gasteiger partial charge in [-0.05, 0) is 30.3 Å². The van der Waals surface area contributed by atoms with Gasteiger partial charge in [-0.15, -0.1) is 11.3 Å². The molecule has 0 spiro atoms. The molecule has 2 aromatic rings. The maximum Gasteiger partial charge on any atom is 0.251 e. The molecule has 7 heteroatoms. The van der Waals surface area contributed by atoms with Crippen molar-refractivity contribution in [3.8, 4) is 0 Å². The van der Waals surface area contributed by atoms with Crippen molar-refractivity contribution in [1.82, 2.24) is 0 Å². The fourth-order valence-electron chi connectivity index (χ4n) is 1.53. The average molecular weight is 324 g/mol. The second kappa shape index (κ2) is 6.73. The molecule has 1 aromatic heterocycles. The number of nitrogens with one attached hydrogen (secondary N) is 1. The second-order valence-electron chi connectivity index (χ2n) is 4.13. The van der Waals surface area contributed by atoms with E-state index in [0.717, 1.165) is 9.10 Å². The highest BCUT2D eigenvalue weighted by Crippen LogP contribution is 2.38. The number of anilines is 1. The smallest absolute Gasteiger partial charge is 0.251 e. The predicted molar refractivity (Wildman–Crippen MR) is 82.3 cm³/mol. The van der Waals surface area contributed by atoms with Gasteiger partial charge < -0.3 is 11.1 Å². The molecule has 2 amide bonds. The zero-order chi connectivity index (χ0) is 15.4. The molecule has 0 saturated carbocycles. The van der Waals surface area contributed by atoms with Crippen molar-refractivity contribution < 1.29 is 14.0 Å². The Hall–Kier alpha value is -1.86. The van der Waals surface area contributed by atoms with Crippen LogP contribution in [0.3, 0.4) is 0 Å². The van der Waals surface area contributed by atoms with E-state index in [1.165, 1.54) is 35.2 Å². The Balaban J connectivity index is 2.24. The third-order valence-electron chi connectivity index (χ3n) is 2.58. The summed E-state index contributed by atoms with van der Waals surface area (Å²) in [5, 5.41) is 3.11. The van der Waals surface area contributed by atoms with E-state index >= 15 is 0 Å². The average Bonchev–Trinajstić information content (AvgIpc) is 2.84. The Morgan fingerprint density at radius 2 is 2.00 bits per heavy atom. The summed E-state index contributed by atoms with van der Waals surface area (Å²) in [5.74, 6) is -1.08. The molecule has 0 aliphatic rings.